The summed E-state index contributed by atoms with van der Waals surface area (Å²) in [7, 11) is 0. The third kappa shape index (κ3) is 2.12. The molecule has 0 bridgehead atoms. The number of rotatable bonds is 1. The van der Waals surface area contributed by atoms with Crippen LogP contribution in [0.15, 0.2) is 21.3 Å². The molecule has 14 heavy (non-hydrogen) atoms. The lowest BCUT2D eigenvalue weighted by Gasteiger charge is -2.04. The summed E-state index contributed by atoms with van der Waals surface area (Å²) in [6, 6.07) is 0.837. The van der Waals surface area contributed by atoms with Crippen LogP contribution < -0.4 is 11.2 Å². The third-order valence-corrected chi connectivity index (χ3v) is 1.29. The van der Waals surface area contributed by atoms with Gasteiger partial charge in [0.15, 0.2) is 11.2 Å². The molecule has 0 unspecified atom stereocenters. The smallest absolute Gasteiger partial charge is 0.446 e. The molecule has 1 amide bonds. The van der Waals surface area contributed by atoms with Gasteiger partial charge in [-0.2, -0.15) is 13.2 Å². The number of amides is 1. The Bertz CT molecular complexity index is 421. The highest BCUT2D eigenvalue weighted by molar-refractivity contribution is 5.89. The van der Waals surface area contributed by atoms with Crippen molar-refractivity contribution >= 4 is 5.91 Å². The molecule has 0 radical (unpaired) electrons. The fraction of sp³-hybridized carbons (Fsp3) is 0.143. The second-order valence-corrected chi connectivity index (χ2v) is 2.38. The summed E-state index contributed by atoms with van der Waals surface area (Å²) in [5, 5.41) is 0. The molecule has 4 nitrogen and oxygen atoms in total. The van der Waals surface area contributed by atoms with E-state index in [0.717, 1.165) is 0 Å². The van der Waals surface area contributed by atoms with Crippen LogP contribution in [-0.2, 0) is 6.18 Å². The lowest BCUT2D eigenvalue weighted by Crippen LogP contribution is -2.17. The molecule has 7 heteroatoms. The van der Waals surface area contributed by atoms with Crippen molar-refractivity contribution in [3.05, 3.63) is 33.9 Å². The monoisotopic (exact) mass is 207 g/mol. The molecule has 1 aromatic rings. The van der Waals surface area contributed by atoms with Crippen LogP contribution in [0, 0.1) is 0 Å². The van der Waals surface area contributed by atoms with Gasteiger partial charge in [-0.15, -0.1) is 0 Å². The fourth-order valence-corrected chi connectivity index (χ4v) is 0.739. The molecule has 0 spiro atoms. The molecule has 0 saturated heterocycles. The minimum absolute atomic E-state index is 0.242. The molecule has 0 aliphatic rings. The van der Waals surface area contributed by atoms with E-state index < -0.39 is 29.0 Å². The van der Waals surface area contributed by atoms with E-state index >= 15 is 0 Å². The van der Waals surface area contributed by atoms with Gasteiger partial charge in [0.25, 0.3) is 5.91 Å². The molecule has 0 aromatic carbocycles. The summed E-state index contributed by atoms with van der Waals surface area (Å²) in [5.74, 6) is -3.59. The number of halogens is 3. The van der Waals surface area contributed by atoms with Gasteiger partial charge in [-0.3, -0.25) is 9.59 Å². The van der Waals surface area contributed by atoms with Crippen molar-refractivity contribution in [1.29, 1.82) is 0 Å². The number of primary amides is 1. The van der Waals surface area contributed by atoms with Crippen LogP contribution in [0.2, 0.25) is 0 Å². The Hall–Kier alpha value is -1.79. The number of carbonyl (C=O) groups is 1. The van der Waals surface area contributed by atoms with E-state index in [9.17, 15) is 22.8 Å². The average molecular weight is 207 g/mol. The van der Waals surface area contributed by atoms with Gasteiger partial charge >= 0.3 is 6.18 Å². The van der Waals surface area contributed by atoms with Gasteiger partial charge in [0.2, 0.25) is 5.76 Å². The van der Waals surface area contributed by atoms with Crippen molar-refractivity contribution in [2.75, 3.05) is 0 Å². The Kier molecular flexibility index (Phi) is 2.33. The maximum Gasteiger partial charge on any atom is 0.449 e. The summed E-state index contributed by atoms with van der Waals surface area (Å²) in [6.45, 7) is 0. The van der Waals surface area contributed by atoms with Crippen LogP contribution in [-0.4, -0.2) is 5.91 Å². The number of hydrogen-bond acceptors (Lipinski definition) is 3. The van der Waals surface area contributed by atoms with Crippen molar-refractivity contribution in [3.63, 3.8) is 0 Å². The summed E-state index contributed by atoms with van der Waals surface area (Å²) >= 11 is 0. The molecule has 0 saturated carbocycles. The van der Waals surface area contributed by atoms with E-state index in [1.54, 1.807) is 0 Å². The maximum absolute atomic E-state index is 12.0. The minimum atomic E-state index is -4.81. The molecule has 76 valence electrons. The summed E-state index contributed by atoms with van der Waals surface area (Å²) in [6.07, 6.45) is -4.81. The third-order valence-electron chi connectivity index (χ3n) is 1.29. The Morgan fingerprint density at radius 2 is 1.93 bits per heavy atom. The average Bonchev–Trinajstić information content (AvgIpc) is 2.01. The molecule has 0 fully saturated rings. The van der Waals surface area contributed by atoms with E-state index in [1.165, 1.54) is 0 Å². The van der Waals surface area contributed by atoms with Gasteiger partial charge in [-0.25, -0.2) is 0 Å². The molecule has 1 aromatic heterocycles. The van der Waals surface area contributed by atoms with Crippen molar-refractivity contribution in [1.82, 2.24) is 0 Å². The van der Waals surface area contributed by atoms with E-state index in [0.29, 0.717) is 6.07 Å². The van der Waals surface area contributed by atoms with Crippen LogP contribution in [0.1, 0.15) is 16.3 Å². The predicted molar refractivity (Wildman–Crippen MR) is 38.5 cm³/mol. The van der Waals surface area contributed by atoms with E-state index in [4.69, 9.17) is 0 Å². The highest BCUT2D eigenvalue weighted by atomic mass is 19.4. The zero-order valence-electron chi connectivity index (χ0n) is 6.59. The van der Waals surface area contributed by atoms with Crippen LogP contribution in [0.25, 0.3) is 0 Å². The molecule has 0 atom stereocenters. The Morgan fingerprint density at radius 1 is 1.36 bits per heavy atom. The van der Waals surface area contributed by atoms with Gasteiger partial charge in [-0.1, -0.05) is 0 Å². The first-order chi connectivity index (χ1) is 6.30. The molecule has 1 heterocycles. The van der Waals surface area contributed by atoms with E-state index in [2.05, 4.69) is 10.2 Å². The van der Waals surface area contributed by atoms with Gasteiger partial charge in [0.1, 0.15) is 0 Å². The first kappa shape index (κ1) is 10.3. The Balaban J connectivity index is 3.35. The normalized spacial score (nSPS) is 11.4. The second-order valence-electron chi connectivity index (χ2n) is 2.38. The summed E-state index contributed by atoms with van der Waals surface area (Å²) in [4.78, 5) is 21.1. The zero-order chi connectivity index (χ0) is 10.9. The van der Waals surface area contributed by atoms with Crippen LogP contribution >= 0.6 is 0 Å². The molecule has 0 aliphatic heterocycles. The number of alkyl halides is 3. The first-order valence-corrected chi connectivity index (χ1v) is 3.33. The summed E-state index contributed by atoms with van der Waals surface area (Å²) in [5.41, 5.74) is 3.67. The van der Waals surface area contributed by atoms with Crippen LogP contribution in [0.5, 0.6) is 0 Å². The fourth-order valence-electron chi connectivity index (χ4n) is 0.739. The summed E-state index contributed by atoms with van der Waals surface area (Å²) < 4.78 is 40.2. The van der Waals surface area contributed by atoms with Gasteiger partial charge in [-0.05, 0) is 0 Å². The largest absolute Gasteiger partial charge is 0.449 e. The van der Waals surface area contributed by atoms with E-state index in [-0.39, 0.29) is 6.07 Å². The first-order valence-electron chi connectivity index (χ1n) is 3.33. The highest BCUT2D eigenvalue weighted by Gasteiger charge is 2.35. The predicted octanol–water partition coefficient (Wildman–Crippen LogP) is 0.758. The Morgan fingerprint density at radius 3 is 2.36 bits per heavy atom. The lowest BCUT2D eigenvalue weighted by atomic mass is 10.3. The SMILES string of the molecule is NC(=O)c1cc(=O)cc(C(F)(F)F)o1. The van der Waals surface area contributed by atoms with Crippen molar-refractivity contribution in [3.8, 4) is 0 Å². The molecule has 0 aliphatic carbocycles. The van der Waals surface area contributed by atoms with Gasteiger partial charge < -0.3 is 10.2 Å². The van der Waals surface area contributed by atoms with Crippen LogP contribution in [0.3, 0.4) is 0 Å². The van der Waals surface area contributed by atoms with Gasteiger partial charge in [0.05, 0.1) is 0 Å². The standard InChI is InChI=1S/C7H4F3NO3/c8-7(9,10)5-2-3(12)1-4(14-5)6(11)13/h1-2H,(H2,11,13). The van der Waals surface area contributed by atoms with Gasteiger partial charge in [0, 0.05) is 12.1 Å². The molecule has 2 N–H and O–H groups in total. The topological polar surface area (TPSA) is 73.3 Å². The maximum atomic E-state index is 12.0. The highest BCUT2D eigenvalue weighted by Crippen LogP contribution is 2.28. The number of nitrogens with two attached hydrogens (primary N) is 1. The number of carbonyl (C=O) groups excluding carboxylic acids is 1. The molecular weight excluding hydrogens is 203 g/mol. The Labute approximate surface area is 75.1 Å². The second kappa shape index (κ2) is 3.17. The van der Waals surface area contributed by atoms with Crippen molar-refractivity contribution < 1.29 is 22.4 Å². The van der Waals surface area contributed by atoms with E-state index in [1.807, 2.05) is 0 Å². The molecular formula is C7H4F3NO3. The zero-order valence-corrected chi connectivity index (χ0v) is 6.59. The van der Waals surface area contributed by atoms with Crippen molar-refractivity contribution in [2.24, 2.45) is 5.73 Å². The number of hydrogen-bond donors (Lipinski definition) is 1. The van der Waals surface area contributed by atoms with Crippen molar-refractivity contribution in [2.45, 2.75) is 6.18 Å². The lowest BCUT2D eigenvalue weighted by molar-refractivity contribution is -0.154. The quantitative estimate of drug-likeness (QED) is 0.738. The van der Waals surface area contributed by atoms with Crippen LogP contribution in [0.4, 0.5) is 13.2 Å². The molecule has 1 rings (SSSR count). The minimum Gasteiger partial charge on any atom is -0.446 e.